The topological polar surface area (TPSA) is 131 Å². The van der Waals surface area contributed by atoms with Gasteiger partial charge in [-0.1, -0.05) is 54.3 Å². The Labute approximate surface area is 283 Å². The summed E-state index contributed by atoms with van der Waals surface area (Å²) in [6.45, 7) is 7.35. The number of carbonyl (C=O) groups excluding carboxylic acids is 2. The molecule has 5 atom stereocenters. The highest BCUT2D eigenvalue weighted by atomic mass is 32.2. The molecule has 0 unspecified atom stereocenters. The molecule has 1 heterocycles. The van der Waals surface area contributed by atoms with Gasteiger partial charge in [0, 0.05) is 25.4 Å². The maximum Gasteiger partial charge on any atom is 0.245 e. The van der Waals surface area contributed by atoms with Crippen LogP contribution in [0.3, 0.4) is 0 Å². The Bertz CT molecular complexity index is 1420. The highest BCUT2D eigenvalue weighted by Crippen LogP contribution is 2.36. The molecule has 47 heavy (non-hydrogen) atoms. The van der Waals surface area contributed by atoms with Crippen molar-refractivity contribution in [3.05, 3.63) is 70.3 Å². The van der Waals surface area contributed by atoms with Crippen molar-refractivity contribution in [3.8, 4) is 11.8 Å². The third-order valence-corrected chi connectivity index (χ3v) is 9.68. The zero-order valence-corrected chi connectivity index (χ0v) is 29.1. The van der Waals surface area contributed by atoms with E-state index in [4.69, 9.17) is 4.74 Å². The van der Waals surface area contributed by atoms with Gasteiger partial charge in [-0.05, 0) is 94.0 Å². The van der Waals surface area contributed by atoms with Crippen molar-refractivity contribution in [1.29, 1.82) is 0 Å². The van der Waals surface area contributed by atoms with E-state index in [1.54, 1.807) is 20.1 Å². The van der Waals surface area contributed by atoms with Crippen molar-refractivity contribution >= 4 is 23.6 Å². The summed E-state index contributed by atoms with van der Waals surface area (Å²) < 4.78 is 5.96. The molecule has 9 nitrogen and oxygen atoms in total. The lowest BCUT2D eigenvalue weighted by Crippen LogP contribution is -2.55. The third-order valence-electron chi connectivity index (χ3n) is 8.82. The average Bonchev–Trinajstić information content (AvgIpc) is 3.86. The van der Waals surface area contributed by atoms with Crippen molar-refractivity contribution < 1.29 is 29.6 Å². The number of thioether (sulfide) groups is 1. The van der Waals surface area contributed by atoms with Gasteiger partial charge in [-0.3, -0.25) is 14.5 Å². The first kappa shape index (κ1) is 36.9. The Morgan fingerprint density at radius 3 is 2.43 bits per heavy atom. The first-order valence-electron chi connectivity index (χ1n) is 16.5. The molecule has 2 aromatic carbocycles. The zero-order chi connectivity index (χ0) is 34.1. The SMILES string of the molecule is CS[C@H]1O[C@@H](c2ccc(C)c(Cc3ccc(CCCC(=O)NC(C)(C)C(=O)NCCN(C)CC#CC4CC4)cc3)c2)[C@H](O)[C@@H](O)[C@@H]1O. The van der Waals surface area contributed by atoms with E-state index in [1.807, 2.05) is 32.2 Å². The molecule has 1 aliphatic carbocycles. The summed E-state index contributed by atoms with van der Waals surface area (Å²) >= 11 is 1.30. The Balaban J connectivity index is 1.21. The van der Waals surface area contributed by atoms with Gasteiger partial charge in [-0.25, -0.2) is 0 Å². The number of carbonyl (C=O) groups is 2. The number of likely N-dealkylation sites (N-methyl/N-ethyl adjacent to an activating group) is 1. The quantitative estimate of drug-likeness (QED) is 0.195. The minimum Gasteiger partial charge on any atom is -0.387 e. The summed E-state index contributed by atoms with van der Waals surface area (Å²) in [4.78, 5) is 27.5. The molecule has 0 spiro atoms. The summed E-state index contributed by atoms with van der Waals surface area (Å²) in [6, 6.07) is 14.2. The number of amides is 2. The van der Waals surface area contributed by atoms with E-state index < -0.39 is 35.4 Å². The van der Waals surface area contributed by atoms with Crippen molar-refractivity contribution in [2.45, 2.75) is 94.7 Å². The van der Waals surface area contributed by atoms with Gasteiger partial charge in [0.15, 0.2) is 0 Å². The zero-order valence-electron chi connectivity index (χ0n) is 28.3. The molecule has 5 N–H and O–H groups in total. The summed E-state index contributed by atoms with van der Waals surface area (Å²) in [5.41, 5.74) is 3.57. The normalized spacial score (nSPS) is 22.8. The second-order valence-electron chi connectivity index (χ2n) is 13.4. The van der Waals surface area contributed by atoms with Crippen LogP contribution in [0.25, 0.3) is 0 Å². The van der Waals surface area contributed by atoms with Crippen LogP contribution in [0.2, 0.25) is 0 Å². The van der Waals surface area contributed by atoms with E-state index in [1.165, 1.54) is 24.6 Å². The molecule has 10 heteroatoms. The lowest BCUT2D eigenvalue weighted by Gasteiger charge is -2.40. The molecular weight excluding hydrogens is 614 g/mol. The van der Waals surface area contributed by atoms with Crippen molar-refractivity contribution in [1.82, 2.24) is 15.5 Å². The summed E-state index contributed by atoms with van der Waals surface area (Å²) in [5.74, 6) is 6.66. The predicted octanol–water partition coefficient (Wildman–Crippen LogP) is 3.11. The molecule has 2 aliphatic rings. The van der Waals surface area contributed by atoms with Crippen molar-refractivity contribution in [2.75, 3.05) is 32.9 Å². The van der Waals surface area contributed by atoms with Gasteiger partial charge in [0.25, 0.3) is 0 Å². The third kappa shape index (κ3) is 10.8. The minimum absolute atomic E-state index is 0.150. The number of hydrogen-bond acceptors (Lipinski definition) is 8. The molecule has 4 rings (SSSR count). The van der Waals surface area contributed by atoms with E-state index in [9.17, 15) is 24.9 Å². The number of ether oxygens (including phenoxy) is 1. The highest BCUT2D eigenvalue weighted by Gasteiger charge is 2.44. The lowest BCUT2D eigenvalue weighted by molar-refractivity contribution is -0.200. The second-order valence-corrected chi connectivity index (χ2v) is 14.4. The molecule has 1 aliphatic heterocycles. The first-order chi connectivity index (χ1) is 22.4. The number of benzene rings is 2. The van der Waals surface area contributed by atoms with Crippen molar-refractivity contribution in [2.24, 2.45) is 5.92 Å². The molecule has 1 saturated heterocycles. The largest absolute Gasteiger partial charge is 0.387 e. The van der Waals surface area contributed by atoms with Gasteiger partial charge >= 0.3 is 0 Å². The Morgan fingerprint density at radius 2 is 1.74 bits per heavy atom. The van der Waals surface area contributed by atoms with Crippen LogP contribution in [0.5, 0.6) is 0 Å². The molecule has 2 fully saturated rings. The van der Waals surface area contributed by atoms with Crippen LogP contribution in [0.15, 0.2) is 42.5 Å². The number of nitrogens with zero attached hydrogens (tertiary/aromatic N) is 1. The Hall–Kier alpha value is -2.91. The van der Waals surface area contributed by atoms with Crippen LogP contribution >= 0.6 is 11.8 Å². The highest BCUT2D eigenvalue weighted by molar-refractivity contribution is 7.99. The maximum absolute atomic E-state index is 12.7. The van der Waals surface area contributed by atoms with Crippen LogP contribution in [-0.2, 0) is 27.2 Å². The summed E-state index contributed by atoms with van der Waals surface area (Å²) in [6.07, 6.45) is 2.23. The van der Waals surface area contributed by atoms with E-state index in [-0.39, 0.29) is 11.8 Å². The molecule has 0 aromatic heterocycles. The minimum atomic E-state index is -1.29. The van der Waals surface area contributed by atoms with Gasteiger partial charge in [-0.15, -0.1) is 11.8 Å². The molecule has 0 bridgehead atoms. The van der Waals surface area contributed by atoms with E-state index in [0.29, 0.717) is 44.8 Å². The van der Waals surface area contributed by atoms with Gasteiger partial charge in [0.1, 0.15) is 35.4 Å². The van der Waals surface area contributed by atoms with Gasteiger partial charge < -0.3 is 30.7 Å². The Morgan fingerprint density at radius 1 is 1.04 bits per heavy atom. The average molecular weight is 666 g/mol. The number of nitrogens with one attached hydrogen (secondary N) is 2. The van der Waals surface area contributed by atoms with Crippen molar-refractivity contribution in [3.63, 3.8) is 0 Å². The fourth-order valence-electron chi connectivity index (χ4n) is 5.55. The van der Waals surface area contributed by atoms with Gasteiger partial charge in [0.05, 0.1) is 6.54 Å². The van der Waals surface area contributed by atoms with Crippen LogP contribution in [-0.4, -0.2) is 94.3 Å². The summed E-state index contributed by atoms with van der Waals surface area (Å²) in [5, 5.41) is 37.0. The van der Waals surface area contributed by atoms with Crippen LogP contribution in [0.1, 0.15) is 73.5 Å². The fraction of sp³-hybridized carbons (Fsp3) is 0.568. The molecule has 256 valence electrons. The second kappa shape index (κ2) is 17.0. The number of hydrogen-bond donors (Lipinski definition) is 5. The molecule has 2 amide bonds. The summed E-state index contributed by atoms with van der Waals surface area (Å²) in [7, 11) is 1.98. The van der Waals surface area contributed by atoms with E-state index >= 15 is 0 Å². The maximum atomic E-state index is 12.7. The van der Waals surface area contributed by atoms with Crippen LogP contribution < -0.4 is 10.6 Å². The lowest BCUT2D eigenvalue weighted by atomic mass is 9.91. The molecule has 2 aromatic rings. The predicted molar refractivity (Wildman–Crippen MR) is 186 cm³/mol. The van der Waals surface area contributed by atoms with E-state index in [0.717, 1.165) is 34.2 Å². The number of aryl methyl sites for hydroxylation is 2. The van der Waals surface area contributed by atoms with Gasteiger partial charge in [0.2, 0.25) is 11.8 Å². The van der Waals surface area contributed by atoms with Crippen LogP contribution in [0, 0.1) is 24.7 Å². The Kier molecular flexibility index (Phi) is 13.3. The number of rotatable bonds is 14. The molecular formula is C37H51N3O6S. The number of aliphatic hydroxyl groups is 3. The monoisotopic (exact) mass is 665 g/mol. The van der Waals surface area contributed by atoms with Gasteiger partial charge in [-0.2, -0.15) is 0 Å². The van der Waals surface area contributed by atoms with E-state index in [2.05, 4.69) is 51.6 Å². The molecule has 1 saturated carbocycles. The molecule has 0 radical (unpaired) electrons. The number of aliphatic hydroxyl groups excluding tert-OH is 3. The fourth-order valence-corrected chi connectivity index (χ4v) is 6.23. The smallest absolute Gasteiger partial charge is 0.245 e. The van der Waals surface area contributed by atoms with Crippen LogP contribution in [0.4, 0.5) is 0 Å². The standard InChI is InChI=1S/C37H51N3O6S/c1-24-11-18-28(34-32(43)31(42)33(44)35(46-34)47-5)23-29(24)22-27-16-14-25(15-17-27)8-6-10-30(41)39-37(2,3)36(45)38-19-21-40(4)20-7-9-26-12-13-26/h11,14-18,23,26,31-35,42-44H,6,8,10,12-13,19-22H2,1-5H3,(H,38,45)(H,39,41)/t31-,32-,33+,34+,35-/m1/s1. The first-order valence-corrected chi connectivity index (χ1v) is 17.8.